The molecule has 0 atom stereocenters. The van der Waals surface area contributed by atoms with Crippen LogP contribution in [-0.2, 0) is 35.6 Å². The molecule has 0 spiro atoms. The Morgan fingerprint density at radius 3 is 1.84 bits per heavy atom. The van der Waals surface area contributed by atoms with Crippen LogP contribution in [-0.4, -0.2) is 14.1 Å². The predicted molar refractivity (Wildman–Crippen MR) is 222 cm³/mol. The Balaban J connectivity index is 1.17. The third-order valence-electron chi connectivity index (χ3n) is 13.6. The Hall–Kier alpha value is -4.99. The number of anilines is 3. The van der Waals surface area contributed by atoms with Gasteiger partial charge >= 0.3 is 238 Å². The van der Waals surface area contributed by atoms with Gasteiger partial charge in [0.1, 0.15) is 0 Å². The van der Waals surface area contributed by atoms with Crippen LogP contribution in [0.3, 0.4) is 0 Å². The fraction of sp³-hybridized carbons (Fsp3) is 0.265. The summed E-state index contributed by atoms with van der Waals surface area (Å²) in [6.07, 6.45) is 1.92. The first-order valence-electron chi connectivity index (χ1n) is 19.2. The van der Waals surface area contributed by atoms with Crippen molar-refractivity contribution in [3.63, 3.8) is 0 Å². The Kier molecular flexibility index (Phi) is 7.95. The first-order chi connectivity index (χ1) is 26.1. The molecule has 2 aliphatic rings. The van der Waals surface area contributed by atoms with Gasteiger partial charge in [0.25, 0.3) is 0 Å². The Bertz CT molecular complexity index is 2730. The summed E-state index contributed by atoms with van der Waals surface area (Å²) in [4.78, 5) is 7.36. The maximum atomic E-state index is 6.81. The Morgan fingerprint density at radius 1 is 0.545 bits per heavy atom. The fourth-order valence-corrected chi connectivity index (χ4v) is 10.4. The summed E-state index contributed by atoms with van der Waals surface area (Å²) in [6.45, 7) is 21.4. The van der Waals surface area contributed by atoms with Gasteiger partial charge in [0.15, 0.2) is 0 Å². The molecule has 1 aliphatic heterocycles. The number of aryl methyl sites for hydroxylation is 1. The molecule has 0 radical (unpaired) electrons. The molecule has 0 bridgehead atoms. The number of para-hydroxylation sites is 3. The van der Waals surface area contributed by atoms with E-state index in [0.29, 0.717) is 0 Å². The van der Waals surface area contributed by atoms with Gasteiger partial charge in [0.2, 0.25) is 0 Å². The zero-order valence-electron chi connectivity index (χ0n) is 33.1. The number of hydrogen-bond donors (Lipinski definition) is 0. The van der Waals surface area contributed by atoms with Crippen LogP contribution in [0, 0.1) is 16.1 Å². The topological polar surface area (TPSA) is 35.2 Å². The zero-order valence-corrected chi connectivity index (χ0v) is 35.4. The Labute approximate surface area is 335 Å². The van der Waals surface area contributed by atoms with Gasteiger partial charge in [0.05, 0.1) is 0 Å². The zero-order chi connectivity index (χ0) is 38.7. The van der Waals surface area contributed by atoms with Gasteiger partial charge < -0.3 is 0 Å². The number of ether oxygens (including phenoxy) is 1. The molecule has 55 heavy (non-hydrogen) atoms. The van der Waals surface area contributed by atoms with Crippen molar-refractivity contribution in [2.75, 3.05) is 4.90 Å². The number of pyridine rings is 1. The average molecular weight is 904 g/mol. The number of aromatic nitrogens is 3. The maximum absolute atomic E-state index is 6.81. The third kappa shape index (κ3) is 5.15. The van der Waals surface area contributed by atoms with Crippen molar-refractivity contribution in [2.45, 2.75) is 78.6 Å². The van der Waals surface area contributed by atoms with Gasteiger partial charge in [-0.15, -0.1) is 0 Å². The fourth-order valence-electron chi connectivity index (χ4n) is 9.22. The molecule has 280 valence electrons. The number of fused-ring (bicyclic) bond motifs is 4. The molecular weight excluding hydrogens is 856 g/mol. The minimum absolute atomic E-state index is 0.00269. The average Bonchev–Trinajstić information content (AvgIpc) is 3.50. The monoisotopic (exact) mass is 903 g/mol. The normalized spacial score (nSPS) is 17.1. The number of rotatable bonds is 5. The van der Waals surface area contributed by atoms with E-state index < -0.39 is 0 Å². The van der Waals surface area contributed by atoms with Crippen molar-refractivity contribution in [1.82, 2.24) is 14.1 Å². The minimum Gasteiger partial charge on any atom is -0.0582 e. The second-order valence-corrected chi connectivity index (χ2v) is 18.5. The van der Waals surface area contributed by atoms with Crippen molar-refractivity contribution in [1.29, 1.82) is 0 Å². The molecule has 0 saturated carbocycles. The molecule has 9 rings (SSSR count). The van der Waals surface area contributed by atoms with Crippen molar-refractivity contribution >= 4 is 28.2 Å². The second kappa shape index (κ2) is 12.3. The van der Waals surface area contributed by atoms with E-state index >= 15 is 0 Å². The smallest absolute Gasteiger partial charge is 0.0582 e. The van der Waals surface area contributed by atoms with E-state index in [9.17, 15) is 0 Å². The van der Waals surface area contributed by atoms with E-state index in [1.807, 2.05) is 12.3 Å². The molecule has 1 aliphatic carbocycles. The number of nitrogens with zero attached hydrogens (tertiary/aromatic N) is 4. The van der Waals surface area contributed by atoms with E-state index in [-0.39, 0.29) is 21.7 Å². The molecule has 0 fully saturated rings. The summed E-state index contributed by atoms with van der Waals surface area (Å²) in [5, 5.41) is 0. The molecule has 0 N–H and O–H groups in total. The SMILES string of the molecule is Cc1ccnc(N2c3cc(Oc4cccc(-n5[c](=[Pt])n(-c6ccccc6)c6ccccc65)c4)ccc3C(C)(C)c3cc4c(cc32)C(C)(C)C(C)(C)C4(C)C)c1. The first kappa shape index (κ1) is 35.7. The minimum atomic E-state index is -0.258. The first-order valence-corrected chi connectivity index (χ1v) is 20.3. The summed E-state index contributed by atoms with van der Waals surface area (Å²) in [5.41, 5.74) is 13.1. The van der Waals surface area contributed by atoms with Crippen LogP contribution < -0.4 is 9.64 Å². The number of hydrogen-bond acceptors (Lipinski definition) is 3. The molecule has 0 unspecified atom stereocenters. The summed E-state index contributed by atoms with van der Waals surface area (Å²) in [5.74, 6) is 2.47. The summed E-state index contributed by atoms with van der Waals surface area (Å²) >= 11 is 2.44. The van der Waals surface area contributed by atoms with Gasteiger partial charge in [-0.2, -0.15) is 0 Å². The molecule has 2 aromatic heterocycles. The number of imidazole rings is 1. The summed E-state index contributed by atoms with van der Waals surface area (Å²) in [6, 6.07) is 43.4. The quantitative estimate of drug-likeness (QED) is 0.173. The van der Waals surface area contributed by atoms with Gasteiger partial charge in [-0.3, -0.25) is 0 Å². The molecule has 0 amide bonds. The molecule has 5 aromatic carbocycles. The van der Waals surface area contributed by atoms with Crippen LogP contribution in [0.15, 0.2) is 128 Å². The molecule has 0 saturated heterocycles. The predicted octanol–water partition coefficient (Wildman–Crippen LogP) is 12.7. The third-order valence-corrected chi connectivity index (χ3v) is 14.6. The van der Waals surface area contributed by atoms with Crippen LogP contribution in [0.1, 0.15) is 83.2 Å². The molecule has 5 nitrogen and oxygen atoms in total. The Morgan fingerprint density at radius 2 is 1.15 bits per heavy atom. The van der Waals surface area contributed by atoms with Crippen LogP contribution in [0.25, 0.3) is 22.4 Å². The van der Waals surface area contributed by atoms with E-state index in [2.05, 4.69) is 211 Å². The standard InChI is InChI=1S/C49H48N4O.Pt/c1-32-24-25-50-45(26-32)53-43-28-36(22-23-37(43)46(2,3)40-29-38-39(30-44(40)53)48(6,7)49(8,9)47(38,4)5)54-35-19-15-18-34(27-35)52-31-51(33-16-11-10-12-17-33)41-20-13-14-21-42(41)52;/h10-30H,1-9H3;. The van der Waals surface area contributed by atoms with Crippen LogP contribution in [0.5, 0.6) is 11.5 Å². The second-order valence-electron chi connectivity index (χ2n) is 17.5. The van der Waals surface area contributed by atoms with E-state index in [1.54, 1.807) is 0 Å². The van der Waals surface area contributed by atoms with Gasteiger partial charge in [-0.05, 0) is 45.9 Å². The van der Waals surface area contributed by atoms with Crippen LogP contribution in [0.4, 0.5) is 17.2 Å². The van der Waals surface area contributed by atoms with Crippen molar-refractivity contribution in [3.8, 4) is 22.9 Å². The molecule has 6 heteroatoms. The van der Waals surface area contributed by atoms with Gasteiger partial charge in [0, 0.05) is 6.20 Å². The molecule has 3 heterocycles. The summed E-state index contributed by atoms with van der Waals surface area (Å²) in [7, 11) is 0. The van der Waals surface area contributed by atoms with Crippen molar-refractivity contribution < 1.29 is 24.1 Å². The van der Waals surface area contributed by atoms with E-state index in [0.717, 1.165) is 49.2 Å². The van der Waals surface area contributed by atoms with Crippen molar-refractivity contribution in [2.24, 2.45) is 5.41 Å². The van der Waals surface area contributed by atoms with E-state index in [1.165, 1.54) is 33.5 Å². The molecule has 7 aromatic rings. The number of benzene rings is 5. The van der Waals surface area contributed by atoms with Crippen molar-refractivity contribution in [3.05, 3.63) is 159 Å². The summed E-state index contributed by atoms with van der Waals surface area (Å²) < 4.78 is 12.5. The van der Waals surface area contributed by atoms with Gasteiger partial charge in [-0.25, -0.2) is 0 Å². The van der Waals surface area contributed by atoms with Crippen LogP contribution >= 0.6 is 0 Å². The molecular formula is C49H48N4OPt. The van der Waals surface area contributed by atoms with E-state index in [4.69, 9.17) is 9.72 Å². The van der Waals surface area contributed by atoms with Gasteiger partial charge in [-0.1, -0.05) is 47.6 Å². The van der Waals surface area contributed by atoms with Crippen LogP contribution in [0.2, 0.25) is 0 Å².